The molecule has 0 saturated heterocycles. The summed E-state index contributed by atoms with van der Waals surface area (Å²) in [5.41, 5.74) is 2.35. The van der Waals surface area contributed by atoms with Gasteiger partial charge in [0, 0.05) is 18.2 Å². The number of benzene rings is 1. The number of fused-ring (bicyclic) bond motifs is 1. The van der Waals surface area contributed by atoms with Gasteiger partial charge in [0.25, 0.3) is 11.6 Å². The molecule has 3 heterocycles. The standard InChI is InChI=1S/C22H19FN4O4/c1-10-7-15(12(3)30-10)18-9-16(20-11(2)27-31-22(20)26-18)21(29)25-19-8-14(24-13(4)28)5-6-17(19)23/h5-9H,1-4H3,(H,24,28)(H,25,29). The van der Waals surface area contributed by atoms with Gasteiger partial charge in [-0.25, -0.2) is 9.37 Å². The number of hydrogen-bond acceptors (Lipinski definition) is 6. The molecule has 4 aromatic rings. The van der Waals surface area contributed by atoms with Crippen molar-refractivity contribution in [2.45, 2.75) is 27.7 Å². The third kappa shape index (κ3) is 3.89. The van der Waals surface area contributed by atoms with Gasteiger partial charge in [0.05, 0.1) is 28.0 Å². The highest BCUT2D eigenvalue weighted by molar-refractivity contribution is 6.13. The number of amides is 2. The van der Waals surface area contributed by atoms with E-state index < -0.39 is 11.7 Å². The summed E-state index contributed by atoms with van der Waals surface area (Å²) in [7, 11) is 0. The van der Waals surface area contributed by atoms with E-state index in [-0.39, 0.29) is 22.9 Å². The summed E-state index contributed by atoms with van der Waals surface area (Å²) in [6, 6.07) is 7.32. The van der Waals surface area contributed by atoms with E-state index in [1.54, 1.807) is 19.9 Å². The number of aryl methyl sites for hydroxylation is 3. The van der Waals surface area contributed by atoms with Crippen LogP contribution in [0.3, 0.4) is 0 Å². The van der Waals surface area contributed by atoms with Crippen LogP contribution in [0.15, 0.2) is 39.3 Å². The Balaban J connectivity index is 1.78. The molecule has 0 spiro atoms. The zero-order valence-electron chi connectivity index (χ0n) is 17.3. The Kier molecular flexibility index (Phi) is 5.02. The third-order valence-electron chi connectivity index (χ3n) is 4.71. The molecule has 3 aromatic heterocycles. The van der Waals surface area contributed by atoms with Gasteiger partial charge in [-0.05, 0) is 51.1 Å². The van der Waals surface area contributed by atoms with Crippen LogP contribution in [0, 0.1) is 26.6 Å². The molecule has 0 aliphatic heterocycles. The van der Waals surface area contributed by atoms with Crippen LogP contribution in [0.2, 0.25) is 0 Å². The zero-order valence-corrected chi connectivity index (χ0v) is 17.3. The minimum absolute atomic E-state index is 0.0767. The summed E-state index contributed by atoms with van der Waals surface area (Å²) in [5, 5.41) is 9.46. The molecule has 1 aromatic carbocycles. The maximum Gasteiger partial charge on any atom is 0.259 e. The van der Waals surface area contributed by atoms with Gasteiger partial charge in [-0.15, -0.1) is 0 Å². The van der Waals surface area contributed by atoms with Gasteiger partial charge in [-0.2, -0.15) is 0 Å². The molecule has 0 radical (unpaired) electrons. The van der Waals surface area contributed by atoms with E-state index >= 15 is 0 Å². The van der Waals surface area contributed by atoms with E-state index in [0.29, 0.717) is 39.5 Å². The van der Waals surface area contributed by atoms with Crippen molar-refractivity contribution in [2.24, 2.45) is 0 Å². The van der Waals surface area contributed by atoms with Crippen molar-refractivity contribution in [2.75, 3.05) is 10.6 Å². The van der Waals surface area contributed by atoms with Gasteiger partial charge in [0.2, 0.25) is 5.91 Å². The van der Waals surface area contributed by atoms with Crippen molar-refractivity contribution in [1.29, 1.82) is 0 Å². The van der Waals surface area contributed by atoms with Crippen molar-refractivity contribution in [3.05, 3.63) is 58.9 Å². The predicted octanol–water partition coefficient (Wildman–Crippen LogP) is 4.76. The summed E-state index contributed by atoms with van der Waals surface area (Å²) in [4.78, 5) is 28.9. The Morgan fingerprint density at radius 1 is 1.06 bits per heavy atom. The second kappa shape index (κ2) is 7.67. The first-order valence-electron chi connectivity index (χ1n) is 9.46. The molecule has 0 unspecified atom stereocenters. The van der Waals surface area contributed by atoms with Crippen LogP contribution in [-0.2, 0) is 4.79 Å². The Bertz CT molecular complexity index is 1340. The minimum atomic E-state index is -0.642. The molecule has 0 saturated carbocycles. The molecule has 0 aliphatic rings. The van der Waals surface area contributed by atoms with Crippen molar-refractivity contribution in [3.8, 4) is 11.3 Å². The summed E-state index contributed by atoms with van der Waals surface area (Å²) >= 11 is 0. The fraction of sp³-hybridized carbons (Fsp3) is 0.182. The van der Waals surface area contributed by atoms with E-state index in [1.807, 2.05) is 13.0 Å². The second-order valence-corrected chi connectivity index (χ2v) is 7.16. The van der Waals surface area contributed by atoms with Gasteiger partial charge in [-0.3, -0.25) is 9.59 Å². The fourth-order valence-electron chi connectivity index (χ4n) is 3.39. The largest absolute Gasteiger partial charge is 0.466 e. The average molecular weight is 422 g/mol. The first-order chi connectivity index (χ1) is 14.7. The molecular formula is C22H19FN4O4. The summed E-state index contributed by atoms with van der Waals surface area (Å²) in [6.45, 7) is 6.63. The second-order valence-electron chi connectivity index (χ2n) is 7.16. The van der Waals surface area contributed by atoms with Crippen molar-refractivity contribution < 1.29 is 22.9 Å². The number of furan rings is 1. The minimum Gasteiger partial charge on any atom is -0.466 e. The molecular weight excluding hydrogens is 403 g/mol. The average Bonchev–Trinajstić information content (AvgIpc) is 3.24. The number of nitrogens with one attached hydrogen (secondary N) is 2. The Morgan fingerprint density at radius 2 is 1.84 bits per heavy atom. The smallest absolute Gasteiger partial charge is 0.259 e. The van der Waals surface area contributed by atoms with Crippen LogP contribution in [0.5, 0.6) is 0 Å². The van der Waals surface area contributed by atoms with Crippen molar-refractivity contribution >= 4 is 34.3 Å². The number of hydrogen-bond donors (Lipinski definition) is 2. The zero-order chi connectivity index (χ0) is 22.3. The van der Waals surface area contributed by atoms with Gasteiger partial charge in [0.1, 0.15) is 17.3 Å². The highest BCUT2D eigenvalue weighted by Crippen LogP contribution is 2.31. The maximum absolute atomic E-state index is 14.3. The van der Waals surface area contributed by atoms with Gasteiger partial charge in [-0.1, -0.05) is 5.16 Å². The molecule has 2 amide bonds. The summed E-state index contributed by atoms with van der Waals surface area (Å²) in [5.74, 6) is -0.185. The number of aromatic nitrogens is 2. The fourth-order valence-corrected chi connectivity index (χ4v) is 3.39. The van der Waals surface area contributed by atoms with Crippen LogP contribution >= 0.6 is 0 Å². The lowest BCUT2D eigenvalue weighted by Gasteiger charge is -2.10. The lowest BCUT2D eigenvalue weighted by molar-refractivity contribution is -0.114. The van der Waals surface area contributed by atoms with E-state index in [2.05, 4.69) is 20.8 Å². The van der Waals surface area contributed by atoms with E-state index in [1.165, 1.54) is 19.1 Å². The number of pyridine rings is 1. The highest BCUT2D eigenvalue weighted by atomic mass is 19.1. The van der Waals surface area contributed by atoms with Crippen LogP contribution in [0.4, 0.5) is 15.8 Å². The first-order valence-corrected chi connectivity index (χ1v) is 9.46. The Morgan fingerprint density at radius 3 is 2.52 bits per heavy atom. The number of carbonyl (C=O) groups excluding carboxylic acids is 2. The quantitative estimate of drug-likeness (QED) is 0.491. The number of nitrogens with zero attached hydrogens (tertiary/aromatic N) is 2. The van der Waals surface area contributed by atoms with E-state index in [9.17, 15) is 14.0 Å². The molecule has 2 N–H and O–H groups in total. The summed E-state index contributed by atoms with van der Waals surface area (Å²) < 4.78 is 25.2. The Labute approximate surface area is 176 Å². The molecule has 31 heavy (non-hydrogen) atoms. The molecule has 4 rings (SSSR count). The van der Waals surface area contributed by atoms with Gasteiger partial charge < -0.3 is 19.6 Å². The van der Waals surface area contributed by atoms with Crippen molar-refractivity contribution in [1.82, 2.24) is 10.1 Å². The Hall–Kier alpha value is -4.01. The molecule has 0 aliphatic carbocycles. The molecule has 0 fully saturated rings. The van der Waals surface area contributed by atoms with Crippen molar-refractivity contribution in [3.63, 3.8) is 0 Å². The van der Waals surface area contributed by atoms with Crippen LogP contribution < -0.4 is 10.6 Å². The molecule has 8 nitrogen and oxygen atoms in total. The number of carbonyl (C=O) groups is 2. The number of halogens is 1. The SMILES string of the molecule is CC(=O)Nc1ccc(F)c(NC(=O)c2cc(-c3cc(C)oc3C)nc3onc(C)c23)c1. The highest BCUT2D eigenvalue weighted by Gasteiger charge is 2.22. The number of anilines is 2. The lowest BCUT2D eigenvalue weighted by atomic mass is 10.1. The number of rotatable bonds is 4. The normalized spacial score (nSPS) is 11.0. The molecule has 0 bridgehead atoms. The first kappa shape index (κ1) is 20.3. The molecule has 158 valence electrons. The topological polar surface area (TPSA) is 110 Å². The van der Waals surface area contributed by atoms with Gasteiger partial charge >= 0.3 is 0 Å². The molecule has 9 heteroatoms. The third-order valence-corrected chi connectivity index (χ3v) is 4.71. The van der Waals surface area contributed by atoms with Crippen LogP contribution in [0.1, 0.15) is 34.5 Å². The van der Waals surface area contributed by atoms with E-state index in [4.69, 9.17) is 8.94 Å². The lowest BCUT2D eigenvalue weighted by Crippen LogP contribution is -2.15. The molecule has 0 atom stereocenters. The maximum atomic E-state index is 14.3. The van der Waals surface area contributed by atoms with Crippen LogP contribution in [0.25, 0.3) is 22.4 Å². The van der Waals surface area contributed by atoms with Gasteiger partial charge in [0.15, 0.2) is 0 Å². The van der Waals surface area contributed by atoms with E-state index in [0.717, 1.165) is 6.07 Å². The predicted molar refractivity (Wildman–Crippen MR) is 112 cm³/mol. The monoisotopic (exact) mass is 422 g/mol. The summed E-state index contributed by atoms with van der Waals surface area (Å²) in [6.07, 6.45) is 0. The van der Waals surface area contributed by atoms with Crippen LogP contribution in [-0.4, -0.2) is 22.0 Å².